The number of fused-ring (bicyclic) bond motifs is 3. The maximum absolute atomic E-state index is 11.5. The number of rotatable bonds is 3. The van der Waals surface area contributed by atoms with Crippen molar-refractivity contribution in [1.82, 2.24) is 0 Å². The SMILES string of the molecule is C[C@]1(O)CC[C@]2(Cc3ccccc3)c3ccc(C(=O)O)cc3CCC[C@@H]2C1. The Hall–Kier alpha value is -2.13. The molecule has 2 aliphatic carbocycles. The van der Waals surface area contributed by atoms with Crippen molar-refractivity contribution in [3.63, 3.8) is 0 Å². The number of aliphatic hydroxyl groups is 1. The van der Waals surface area contributed by atoms with Crippen LogP contribution in [0.1, 0.15) is 66.1 Å². The quantitative estimate of drug-likeness (QED) is 0.826. The summed E-state index contributed by atoms with van der Waals surface area (Å²) in [6.07, 6.45) is 6.56. The fourth-order valence-corrected chi connectivity index (χ4v) is 5.50. The van der Waals surface area contributed by atoms with E-state index in [1.54, 1.807) is 6.07 Å². The van der Waals surface area contributed by atoms with E-state index in [2.05, 4.69) is 30.3 Å². The lowest BCUT2D eigenvalue weighted by molar-refractivity contribution is -0.0330. The van der Waals surface area contributed by atoms with Crippen molar-refractivity contribution in [2.24, 2.45) is 5.92 Å². The van der Waals surface area contributed by atoms with Crippen molar-refractivity contribution in [2.45, 2.75) is 62.9 Å². The van der Waals surface area contributed by atoms with Crippen LogP contribution in [0.4, 0.5) is 0 Å². The van der Waals surface area contributed by atoms with Gasteiger partial charge in [0.2, 0.25) is 0 Å². The molecule has 27 heavy (non-hydrogen) atoms. The van der Waals surface area contributed by atoms with Gasteiger partial charge in [0.05, 0.1) is 11.2 Å². The third kappa shape index (κ3) is 3.41. The predicted molar refractivity (Wildman–Crippen MR) is 106 cm³/mol. The van der Waals surface area contributed by atoms with Gasteiger partial charge in [0.15, 0.2) is 0 Å². The summed E-state index contributed by atoms with van der Waals surface area (Å²) in [6, 6.07) is 16.3. The minimum atomic E-state index is -0.859. The van der Waals surface area contributed by atoms with Crippen LogP contribution in [0, 0.1) is 5.92 Å². The highest BCUT2D eigenvalue weighted by Crippen LogP contribution is 2.53. The third-order valence-corrected chi connectivity index (χ3v) is 6.83. The van der Waals surface area contributed by atoms with Gasteiger partial charge in [-0.25, -0.2) is 4.79 Å². The number of carbonyl (C=O) groups is 1. The summed E-state index contributed by atoms with van der Waals surface area (Å²) in [4.78, 5) is 11.5. The molecule has 0 radical (unpaired) electrons. The first kappa shape index (κ1) is 18.2. The van der Waals surface area contributed by atoms with Crippen molar-refractivity contribution >= 4 is 5.97 Å². The fourth-order valence-electron chi connectivity index (χ4n) is 5.50. The first-order valence-electron chi connectivity index (χ1n) is 10.0. The molecule has 0 bridgehead atoms. The van der Waals surface area contributed by atoms with E-state index in [1.807, 2.05) is 19.1 Å². The molecular formula is C24H28O3. The molecule has 2 aliphatic rings. The maximum Gasteiger partial charge on any atom is 0.335 e. The second kappa shape index (κ2) is 6.79. The summed E-state index contributed by atoms with van der Waals surface area (Å²) in [5.74, 6) is -0.444. The number of carboxylic acid groups (broad SMARTS) is 1. The summed E-state index contributed by atoms with van der Waals surface area (Å²) in [7, 11) is 0. The fraction of sp³-hybridized carbons (Fsp3) is 0.458. The van der Waals surface area contributed by atoms with E-state index in [-0.39, 0.29) is 5.41 Å². The van der Waals surface area contributed by atoms with Crippen LogP contribution in [0.2, 0.25) is 0 Å². The smallest absolute Gasteiger partial charge is 0.335 e. The van der Waals surface area contributed by atoms with E-state index in [1.165, 1.54) is 16.7 Å². The predicted octanol–water partition coefficient (Wildman–Crippen LogP) is 4.75. The highest BCUT2D eigenvalue weighted by molar-refractivity contribution is 5.88. The van der Waals surface area contributed by atoms with E-state index in [0.717, 1.165) is 44.9 Å². The van der Waals surface area contributed by atoms with Gasteiger partial charge in [-0.2, -0.15) is 0 Å². The minimum Gasteiger partial charge on any atom is -0.478 e. The molecule has 142 valence electrons. The second-order valence-corrected chi connectivity index (χ2v) is 8.79. The van der Waals surface area contributed by atoms with Crippen molar-refractivity contribution in [3.05, 3.63) is 70.8 Å². The van der Waals surface area contributed by atoms with E-state index in [4.69, 9.17) is 0 Å². The van der Waals surface area contributed by atoms with Gasteiger partial charge in [-0.05, 0) is 86.6 Å². The molecule has 2 aromatic carbocycles. The van der Waals surface area contributed by atoms with Crippen LogP contribution in [-0.2, 0) is 18.3 Å². The largest absolute Gasteiger partial charge is 0.478 e. The van der Waals surface area contributed by atoms with E-state index >= 15 is 0 Å². The average Bonchev–Trinajstić information content (AvgIpc) is 2.78. The third-order valence-electron chi connectivity index (χ3n) is 6.83. The molecule has 0 amide bonds. The number of hydrogen-bond donors (Lipinski definition) is 2. The van der Waals surface area contributed by atoms with Crippen LogP contribution in [0.3, 0.4) is 0 Å². The second-order valence-electron chi connectivity index (χ2n) is 8.79. The Morgan fingerprint density at radius 3 is 2.67 bits per heavy atom. The lowest BCUT2D eigenvalue weighted by Gasteiger charge is -2.49. The van der Waals surface area contributed by atoms with Gasteiger partial charge in [-0.3, -0.25) is 0 Å². The van der Waals surface area contributed by atoms with Gasteiger partial charge < -0.3 is 10.2 Å². The highest BCUT2D eigenvalue weighted by atomic mass is 16.4. The van der Waals surface area contributed by atoms with Gasteiger partial charge in [-0.15, -0.1) is 0 Å². The molecule has 0 aliphatic heterocycles. The molecule has 0 saturated heterocycles. The minimum absolute atomic E-state index is 0.0214. The summed E-state index contributed by atoms with van der Waals surface area (Å²) in [5.41, 5.74) is 3.58. The Morgan fingerprint density at radius 1 is 1.15 bits per heavy atom. The van der Waals surface area contributed by atoms with Crippen LogP contribution < -0.4 is 0 Å². The highest BCUT2D eigenvalue weighted by Gasteiger charge is 2.49. The number of carboxylic acids is 1. The summed E-state index contributed by atoms with van der Waals surface area (Å²) >= 11 is 0. The lowest BCUT2D eigenvalue weighted by atomic mass is 9.56. The maximum atomic E-state index is 11.5. The monoisotopic (exact) mass is 364 g/mol. The van der Waals surface area contributed by atoms with Crippen LogP contribution in [0.5, 0.6) is 0 Å². The molecule has 2 aromatic rings. The summed E-state index contributed by atoms with van der Waals surface area (Å²) in [5, 5.41) is 20.2. The molecule has 1 saturated carbocycles. The van der Waals surface area contributed by atoms with Gasteiger partial charge in [-0.1, -0.05) is 36.4 Å². The Labute approximate surface area is 161 Å². The molecule has 0 spiro atoms. The van der Waals surface area contributed by atoms with E-state index in [0.29, 0.717) is 11.5 Å². The summed E-state index contributed by atoms with van der Waals surface area (Å²) in [6.45, 7) is 1.97. The average molecular weight is 364 g/mol. The van der Waals surface area contributed by atoms with E-state index < -0.39 is 11.6 Å². The standard InChI is InChI=1S/C24H28O3/c1-23(27)12-13-24(15-17-6-3-2-4-7-17)20(16-23)9-5-8-18-14-19(22(25)26)10-11-21(18)24/h2-4,6-7,10-11,14,20,27H,5,8-9,12-13,15-16H2,1H3,(H,25,26)/t20-,23+,24-/m1/s1. The van der Waals surface area contributed by atoms with Crippen molar-refractivity contribution in [2.75, 3.05) is 0 Å². The van der Waals surface area contributed by atoms with Gasteiger partial charge >= 0.3 is 5.97 Å². The Balaban J connectivity index is 1.84. The zero-order chi connectivity index (χ0) is 19.1. The molecule has 3 atom stereocenters. The first-order valence-corrected chi connectivity index (χ1v) is 10.0. The number of hydrogen-bond acceptors (Lipinski definition) is 2. The molecule has 0 heterocycles. The molecule has 1 fully saturated rings. The molecular weight excluding hydrogens is 336 g/mol. The summed E-state index contributed by atoms with van der Waals surface area (Å²) < 4.78 is 0. The lowest BCUT2D eigenvalue weighted by Crippen LogP contribution is -2.47. The zero-order valence-corrected chi connectivity index (χ0v) is 15.9. The van der Waals surface area contributed by atoms with Crippen LogP contribution in [0.15, 0.2) is 48.5 Å². The van der Waals surface area contributed by atoms with Gasteiger partial charge in [0.1, 0.15) is 0 Å². The molecule has 0 unspecified atom stereocenters. The van der Waals surface area contributed by atoms with Crippen molar-refractivity contribution < 1.29 is 15.0 Å². The Bertz CT molecular complexity index is 840. The normalized spacial score (nSPS) is 30.1. The Kier molecular flexibility index (Phi) is 4.59. The van der Waals surface area contributed by atoms with Crippen LogP contribution in [0.25, 0.3) is 0 Å². The number of aromatic carboxylic acids is 1. The molecule has 0 aromatic heterocycles. The van der Waals surface area contributed by atoms with E-state index in [9.17, 15) is 15.0 Å². The number of benzene rings is 2. The molecule has 3 heteroatoms. The van der Waals surface area contributed by atoms with Gasteiger partial charge in [0.25, 0.3) is 0 Å². The molecule has 3 nitrogen and oxygen atoms in total. The van der Waals surface area contributed by atoms with Crippen LogP contribution in [-0.4, -0.2) is 21.8 Å². The zero-order valence-electron chi connectivity index (χ0n) is 15.9. The number of aryl methyl sites for hydroxylation is 1. The first-order chi connectivity index (χ1) is 12.9. The molecule has 4 rings (SSSR count). The van der Waals surface area contributed by atoms with Crippen LogP contribution >= 0.6 is 0 Å². The van der Waals surface area contributed by atoms with Gasteiger partial charge in [0, 0.05) is 5.41 Å². The Morgan fingerprint density at radius 2 is 1.93 bits per heavy atom. The van der Waals surface area contributed by atoms with Crippen molar-refractivity contribution in [1.29, 1.82) is 0 Å². The topological polar surface area (TPSA) is 57.5 Å². The van der Waals surface area contributed by atoms with Crippen molar-refractivity contribution in [3.8, 4) is 0 Å². The molecule has 2 N–H and O–H groups in total.